The first-order valence-corrected chi connectivity index (χ1v) is 16.7. The van der Waals surface area contributed by atoms with Crippen molar-refractivity contribution in [1.82, 2.24) is 24.0 Å². The number of carbonyl (C=O) groups is 1. The van der Waals surface area contributed by atoms with Gasteiger partial charge >= 0.3 is 0 Å². The number of para-hydroxylation sites is 1. The van der Waals surface area contributed by atoms with Gasteiger partial charge in [-0.15, -0.1) is 10.2 Å². The lowest BCUT2D eigenvalue weighted by molar-refractivity contribution is -0.133. The molecule has 43 heavy (non-hydrogen) atoms. The Kier molecular flexibility index (Phi) is 9.96. The van der Waals surface area contributed by atoms with E-state index in [0.29, 0.717) is 37.5 Å². The molecule has 1 aliphatic heterocycles. The average molecular weight is 618 g/mol. The Morgan fingerprint density at radius 2 is 1.74 bits per heavy atom. The first-order chi connectivity index (χ1) is 20.9. The third-order valence-electron chi connectivity index (χ3n) is 7.22. The molecule has 0 radical (unpaired) electrons. The summed E-state index contributed by atoms with van der Waals surface area (Å²) in [4.78, 5) is 14.8. The third kappa shape index (κ3) is 7.54. The molecule has 0 N–H and O–H groups in total. The SMILES string of the molecule is COc1cccc(-c2nnc(SCCCC(=O)N3CCN(S(=O)(=O)/C=C/c4ccccc4)C(C)C3)n2-c2ccccc2)c1. The van der Waals surface area contributed by atoms with E-state index in [-0.39, 0.29) is 18.5 Å². The first-order valence-electron chi connectivity index (χ1n) is 14.2. The molecule has 0 saturated carbocycles. The summed E-state index contributed by atoms with van der Waals surface area (Å²) in [5.74, 6) is 2.17. The van der Waals surface area contributed by atoms with Gasteiger partial charge in [0.1, 0.15) is 5.75 Å². The number of rotatable bonds is 11. The van der Waals surface area contributed by atoms with E-state index in [2.05, 4.69) is 10.2 Å². The van der Waals surface area contributed by atoms with Gasteiger partial charge in [-0.3, -0.25) is 9.36 Å². The highest BCUT2D eigenvalue weighted by Gasteiger charge is 2.32. The van der Waals surface area contributed by atoms with E-state index in [1.165, 1.54) is 9.71 Å². The van der Waals surface area contributed by atoms with Gasteiger partial charge in [-0.2, -0.15) is 4.31 Å². The van der Waals surface area contributed by atoms with Crippen LogP contribution in [-0.4, -0.2) is 76.8 Å². The number of hydrogen-bond acceptors (Lipinski definition) is 7. The van der Waals surface area contributed by atoms with Crippen molar-refractivity contribution in [2.45, 2.75) is 31.0 Å². The number of sulfonamides is 1. The molecule has 11 heteroatoms. The molecule has 3 aromatic carbocycles. The fraction of sp³-hybridized carbons (Fsp3) is 0.281. The number of methoxy groups -OCH3 is 1. The molecule has 4 aromatic rings. The summed E-state index contributed by atoms with van der Waals surface area (Å²) in [5, 5.41) is 11.0. The van der Waals surface area contributed by atoms with Gasteiger partial charge in [0.05, 0.1) is 7.11 Å². The monoisotopic (exact) mass is 617 g/mol. The average Bonchev–Trinajstić information content (AvgIpc) is 3.47. The van der Waals surface area contributed by atoms with Crippen molar-refractivity contribution in [2.24, 2.45) is 0 Å². The van der Waals surface area contributed by atoms with E-state index < -0.39 is 10.0 Å². The fourth-order valence-corrected chi connectivity index (χ4v) is 7.30. The maximum absolute atomic E-state index is 13.0. The molecule has 1 atom stereocenters. The van der Waals surface area contributed by atoms with Gasteiger partial charge in [-0.05, 0) is 49.2 Å². The molecule has 9 nitrogen and oxygen atoms in total. The molecule has 5 rings (SSSR count). The van der Waals surface area contributed by atoms with Crippen molar-refractivity contribution in [1.29, 1.82) is 0 Å². The minimum atomic E-state index is -3.59. The largest absolute Gasteiger partial charge is 0.497 e. The van der Waals surface area contributed by atoms with E-state index >= 15 is 0 Å². The number of thioether (sulfide) groups is 1. The van der Waals surface area contributed by atoms with Gasteiger partial charge in [-0.25, -0.2) is 8.42 Å². The lowest BCUT2D eigenvalue weighted by Gasteiger charge is -2.38. The molecule has 1 aliphatic rings. The van der Waals surface area contributed by atoms with E-state index in [0.717, 1.165) is 27.7 Å². The van der Waals surface area contributed by atoms with Crippen LogP contribution >= 0.6 is 11.8 Å². The van der Waals surface area contributed by atoms with Crippen molar-refractivity contribution in [3.8, 4) is 22.8 Å². The van der Waals surface area contributed by atoms with Crippen molar-refractivity contribution in [3.63, 3.8) is 0 Å². The summed E-state index contributed by atoms with van der Waals surface area (Å²) >= 11 is 1.56. The van der Waals surface area contributed by atoms with Gasteiger partial charge in [0.25, 0.3) is 0 Å². The van der Waals surface area contributed by atoms with Crippen molar-refractivity contribution in [3.05, 3.63) is 95.9 Å². The lowest BCUT2D eigenvalue weighted by atomic mass is 10.2. The standard InChI is InChI=1S/C32H35N5O4S2/c1-25-24-35(19-20-36(25)43(39,40)22-18-26-11-5-3-6-12-26)30(38)17-10-21-42-32-34-33-31(27-13-9-16-29(23-27)41-2)37(32)28-14-7-4-8-15-28/h3-9,11-16,18,22-23,25H,10,17,19-21,24H2,1-2H3/b22-18+. The van der Waals surface area contributed by atoms with Crippen molar-refractivity contribution >= 4 is 33.8 Å². The summed E-state index contributed by atoms with van der Waals surface area (Å²) in [5.41, 5.74) is 2.66. The molecule has 224 valence electrons. The number of hydrogen-bond donors (Lipinski definition) is 0. The minimum Gasteiger partial charge on any atom is -0.497 e. The van der Waals surface area contributed by atoms with Crippen LogP contribution in [0.25, 0.3) is 23.2 Å². The molecule has 0 spiro atoms. The molecule has 1 saturated heterocycles. The summed E-state index contributed by atoms with van der Waals surface area (Å²) in [6.45, 7) is 2.87. The first kappa shape index (κ1) is 30.5. The highest BCUT2D eigenvalue weighted by molar-refractivity contribution is 7.99. The molecule has 1 fully saturated rings. The van der Waals surface area contributed by atoms with Gasteiger partial charge < -0.3 is 9.64 Å². The third-order valence-corrected chi connectivity index (χ3v) is 9.91. The molecular formula is C32H35N5O4S2. The Labute approximate surface area is 257 Å². The quantitative estimate of drug-likeness (QED) is 0.165. The van der Waals surface area contributed by atoms with Crippen LogP contribution in [-0.2, 0) is 14.8 Å². The summed E-state index contributed by atoms with van der Waals surface area (Å²) < 4.78 is 34.8. The van der Waals surface area contributed by atoms with Crippen LogP contribution in [0.2, 0.25) is 0 Å². The van der Waals surface area contributed by atoms with E-state index in [1.54, 1.807) is 29.8 Å². The van der Waals surface area contributed by atoms with E-state index in [4.69, 9.17) is 4.74 Å². The fourth-order valence-electron chi connectivity index (χ4n) is 5.02. The highest BCUT2D eigenvalue weighted by Crippen LogP contribution is 2.30. The zero-order valence-electron chi connectivity index (χ0n) is 24.2. The van der Waals surface area contributed by atoms with Crippen LogP contribution in [0.5, 0.6) is 5.75 Å². The van der Waals surface area contributed by atoms with Crippen LogP contribution < -0.4 is 4.74 Å². The molecule has 2 heterocycles. The number of nitrogens with zero attached hydrogens (tertiary/aromatic N) is 5. The number of ether oxygens (including phenoxy) is 1. The number of piperazine rings is 1. The van der Waals surface area contributed by atoms with Gasteiger partial charge in [0.15, 0.2) is 11.0 Å². The van der Waals surface area contributed by atoms with Gasteiger partial charge in [0, 0.05) is 54.5 Å². The minimum absolute atomic E-state index is 0.0333. The summed E-state index contributed by atoms with van der Waals surface area (Å²) in [6, 6.07) is 26.7. The van der Waals surface area contributed by atoms with E-state index in [1.807, 2.05) is 96.4 Å². The molecule has 1 aromatic heterocycles. The molecule has 1 unspecified atom stereocenters. The second-order valence-electron chi connectivity index (χ2n) is 10.2. The molecule has 0 aliphatic carbocycles. The predicted octanol–water partition coefficient (Wildman–Crippen LogP) is 5.35. The Morgan fingerprint density at radius 1 is 1.00 bits per heavy atom. The van der Waals surface area contributed by atoms with Gasteiger partial charge in [0.2, 0.25) is 15.9 Å². The number of benzene rings is 3. The smallest absolute Gasteiger partial charge is 0.236 e. The normalized spacial score (nSPS) is 16.0. The molecule has 0 bridgehead atoms. The highest BCUT2D eigenvalue weighted by atomic mass is 32.2. The predicted molar refractivity (Wildman–Crippen MR) is 170 cm³/mol. The molecular weight excluding hydrogens is 583 g/mol. The van der Waals surface area contributed by atoms with Crippen LogP contribution in [0.3, 0.4) is 0 Å². The Hall–Kier alpha value is -3.93. The number of amides is 1. The number of carbonyl (C=O) groups excluding carboxylic acids is 1. The number of aromatic nitrogens is 3. The zero-order valence-corrected chi connectivity index (χ0v) is 25.9. The van der Waals surface area contributed by atoms with Crippen molar-refractivity contribution in [2.75, 3.05) is 32.5 Å². The van der Waals surface area contributed by atoms with Crippen LogP contribution in [0.4, 0.5) is 0 Å². The van der Waals surface area contributed by atoms with Crippen molar-refractivity contribution < 1.29 is 17.9 Å². The second kappa shape index (κ2) is 14.0. The maximum Gasteiger partial charge on any atom is 0.236 e. The Morgan fingerprint density at radius 3 is 2.47 bits per heavy atom. The van der Waals surface area contributed by atoms with E-state index in [9.17, 15) is 13.2 Å². The van der Waals surface area contributed by atoms with Gasteiger partial charge in [-0.1, -0.05) is 72.4 Å². The molecule has 1 amide bonds. The maximum atomic E-state index is 13.0. The Bertz CT molecular complexity index is 1660. The summed E-state index contributed by atoms with van der Waals surface area (Å²) in [6.07, 6.45) is 2.64. The Balaban J connectivity index is 1.17. The summed E-state index contributed by atoms with van der Waals surface area (Å²) in [7, 11) is -1.96. The zero-order chi connectivity index (χ0) is 30.2. The van der Waals surface area contributed by atoms with Crippen LogP contribution in [0, 0.1) is 0 Å². The van der Waals surface area contributed by atoms with Crippen LogP contribution in [0.1, 0.15) is 25.3 Å². The topological polar surface area (TPSA) is 97.6 Å². The lowest BCUT2D eigenvalue weighted by Crippen LogP contribution is -2.54. The van der Waals surface area contributed by atoms with Crippen LogP contribution in [0.15, 0.2) is 95.5 Å². The second-order valence-corrected chi connectivity index (χ2v) is 13.1.